The van der Waals surface area contributed by atoms with Gasteiger partial charge in [0.2, 0.25) is 0 Å². The Kier molecular flexibility index (Phi) is 6.62. The van der Waals surface area contributed by atoms with E-state index in [9.17, 15) is 26.3 Å². The fraction of sp³-hybridized carbons (Fsp3) is 0.391. The van der Waals surface area contributed by atoms with Crippen molar-refractivity contribution in [2.24, 2.45) is 5.92 Å². The molecule has 0 aliphatic carbocycles. The average molecular weight is 522 g/mol. The van der Waals surface area contributed by atoms with Crippen LogP contribution >= 0.6 is 15.9 Å². The van der Waals surface area contributed by atoms with Crippen molar-refractivity contribution >= 4 is 26.8 Å². The van der Waals surface area contributed by atoms with Gasteiger partial charge < -0.3 is 9.72 Å². The molecule has 0 saturated carbocycles. The number of aromatic nitrogens is 1. The van der Waals surface area contributed by atoms with Crippen molar-refractivity contribution in [1.82, 2.24) is 4.98 Å². The van der Waals surface area contributed by atoms with Gasteiger partial charge >= 0.3 is 12.4 Å². The van der Waals surface area contributed by atoms with Gasteiger partial charge in [-0.2, -0.15) is 26.3 Å². The summed E-state index contributed by atoms with van der Waals surface area (Å²) in [5.41, 5.74) is -0.494. The van der Waals surface area contributed by atoms with Crippen LogP contribution in [-0.2, 0) is 18.0 Å². The van der Waals surface area contributed by atoms with Crippen LogP contribution in [0, 0.1) is 5.92 Å². The molecule has 0 fully saturated rings. The highest BCUT2D eigenvalue weighted by molar-refractivity contribution is 9.10. The molecule has 0 aliphatic heterocycles. The van der Waals surface area contributed by atoms with E-state index in [1.54, 1.807) is 32.0 Å². The molecule has 0 saturated heterocycles. The number of aromatic amines is 1. The van der Waals surface area contributed by atoms with E-state index in [0.717, 1.165) is 16.6 Å². The molecular formula is C23H22BrF6NO. The minimum Gasteiger partial charge on any atom is -0.496 e. The molecule has 3 rings (SSSR count). The number of rotatable bonds is 6. The summed E-state index contributed by atoms with van der Waals surface area (Å²) in [6.07, 6.45) is -9.62. The van der Waals surface area contributed by atoms with E-state index < -0.39 is 29.2 Å². The molecule has 1 heterocycles. The van der Waals surface area contributed by atoms with Gasteiger partial charge in [-0.3, -0.25) is 0 Å². The van der Waals surface area contributed by atoms with E-state index in [0.29, 0.717) is 16.8 Å². The van der Waals surface area contributed by atoms with Gasteiger partial charge in [0.15, 0.2) is 0 Å². The maximum Gasteiger partial charge on any atom is 0.416 e. The Hall–Kier alpha value is -2.16. The zero-order chi connectivity index (χ0) is 23.9. The van der Waals surface area contributed by atoms with Crippen LogP contribution in [0.2, 0.25) is 0 Å². The monoisotopic (exact) mass is 521 g/mol. The third-order valence-corrected chi connectivity index (χ3v) is 6.07. The number of halogens is 7. The third kappa shape index (κ3) is 5.42. The van der Waals surface area contributed by atoms with Gasteiger partial charge in [-0.25, -0.2) is 0 Å². The average Bonchev–Trinajstić information content (AvgIpc) is 3.07. The number of ether oxygens (including phenoxy) is 1. The molecule has 2 nitrogen and oxygen atoms in total. The number of benzene rings is 2. The second-order valence-electron chi connectivity index (χ2n) is 8.47. The summed E-state index contributed by atoms with van der Waals surface area (Å²) >= 11 is 3.35. The summed E-state index contributed by atoms with van der Waals surface area (Å²) in [5.74, 6) is -1.22. The van der Waals surface area contributed by atoms with E-state index in [1.165, 1.54) is 19.2 Å². The van der Waals surface area contributed by atoms with Gasteiger partial charge in [0.1, 0.15) is 5.75 Å². The Morgan fingerprint density at radius 3 is 2.25 bits per heavy atom. The summed E-state index contributed by atoms with van der Waals surface area (Å²) in [6, 6.07) is 9.63. The van der Waals surface area contributed by atoms with Gasteiger partial charge in [0.25, 0.3) is 0 Å². The van der Waals surface area contributed by atoms with Crippen LogP contribution in [0.15, 0.2) is 46.9 Å². The van der Waals surface area contributed by atoms with Crippen LogP contribution in [0.5, 0.6) is 5.75 Å². The maximum atomic E-state index is 14.0. The standard InChI is InChI=1S/C23H22BrF6NO/c1-21(2,18-11-16(24)5-7-20(18)32-3)12-15(23(28,29)30)10-17-9-13-8-14(22(25,26)27)4-6-19(13)31-17/h4-9,11,15,31H,10,12H2,1-3H3. The molecule has 0 aliphatic rings. The lowest BCUT2D eigenvalue weighted by atomic mass is 9.75. The van der Waals surface area contributed by atoms with E-state index >= 15 is 0 Å². The number of nitrogens with one attached hydrogen (secondary N) is 1. The molecule has 0 radical (unpaired) electrons. The molecule has 1 unspecified atom stereocenters. The molecular weight excluding hydrogens is 500 g/mol. The topological polar surface area (TPSA) is 25.0 Å². The first-order valence-electron chi connectivity index (χ1n) is 9.80. The smallest absolute Gasteiger partial charge is 0.416 e. The number of methoxy groups -OCH3 is 1. The first-order chi connectivity index (χ1) is 14.7. The lowest BCUT2D eigenvalue weighted by molar-refractivity contribution is -0.179. The minimum atomic E-state index is -4.52. The van der Waals surface area contributed by atoms with Gasteiger partial charge in [-0.05, 0) is 60.7 Å². The summed E-state index contributed by atoms with van der Waals surface area (Å²) in [6.45, 7) is 3.44. The highest BCUT2D eigenvalue weighted by atomic mass is 79.9. The second-order valence-corrected chi connectivity index (χ2v) is 9.39. The lowest BCUT2D eigenvalue weighted by Crippen LogP contribution is -2.32. The summed E-state index contributed by atoms with van der Waals surface area (Å²) < 4.78 is 86.9. The van der Waals surface area contributed by atoms with Crippen molar-refractivity contribution in [2.45, 2.75) is 44.5 Å². The van der Waals surface area contributed by atoms with Crippen LogP contribution in [0.1, 0.15) is 37.1 Å². The Morgan fingerprint density at radius 1 is 0.969 bits per heavy atom. The van der Waals surface area contributed by atoms with Crippen LogP contribution < -0.4 is 4.74 Å². The SMILES string of the molecule is COc1ccc(Br)cc1C(C)(C)CC(Cc1cc2cc(C(F)(F)F)ccc2[nH]1)C(F)(F)F. The van der Waals surface area contributed by atoms with Crippen molar-refractivity contribution in [3.63, 3.8) is 0 Å². The van der Waals surface area contributed by atoms with Crippen molar-refractivity contribution in [3.8, 4) is 5.75 Å². The van der Waals surface area contributed by atoms with E-state index in [2.05, 4.69) is 20.9 Å². The third-order valence-electron chi connectivity index (χ3n) is 5.58. The lowest BCUT2D eigenvalue weighted by Gasteiger charge is -2.32. The molecule has 1 N–H and O–H groups in total. The van der Waals surface area contributed by atoms with Crippen molar-refractivity contribution in [3.05, 3.63) is 63.8 Å². The zero-order valence-electron chi connectivity index (χ0n) is 17.6. The molecule has 0 bridgehead atoms. The molecule has 1 atom stereocenters. The molecule has 174 valence electrons. The highest BCUT2D eigenvalue weighted by Crippen LogP contribution is 2.43. The second kappa shape index (κ2) is 8.65. The van der Waals surface area contributed by atoms with E-state index in [1.807, 2.05) is 0 Å². The fourth-order valence-corrected chi connectivity index (χ4v) is 4.34. The Labute approximate surface area is 190 Å². The van der Waals surface area contributed by atoms with Crippen LogP contribution in [0.25, 0.3) is 10.9 Å². The first-order valence-corrected chi connectivity index (χ1v) is 10.6. The minimum absolute atomic E-state index is 0.226. The molecule has 0 spiro atoms. The van der Waals surface area contributed by atoms with Gasteiger partial charge in [0.05, 0.1) is 18.6 Å². The number of hydrogen-bond acceptors (Lipinski definition) is 1. The van der Waals surface area contributed by atoms with Crippen LogP contribution in [0.3, 0.4) is 0 Å². The van der Waals surface area contributed by atoms with Crippen molar-refractivity contribution < 1.29 is 31.1 Å². The predicted molar refractivity (Wildman–Crippen MR) is 115 cm³/mol. The summed E-state index contributed by atoms with van der Waals surface area (Å²) in [5, 5.41) is 0.226. The summed E-state index contributed by atoms with van der Waals surface area (Å²) in [7, 11) is 1.46. The molecule has 0 amide bonds. The molecule has 9 heteroatoms. The Bertz CT molecular complexity index is 1100. The maximum absolute atomic E-state index is 14.0. The fourth-order valence-electron chi connectivity index (χ4n) is 3.98. The summed E-state index contributed by atoms with van der Waals surface area (Å²) in [4.78, 5) is 2.83. The first kappa shape index (κ1) is 24.5. The predicted octanol–water partition coefficient (Wildman–Crippen LogP) is 8.05. The highest BCUT2D eigenvalue weighted by Gasteiger charge is 2.43. The van der Waals surface area contributed by atoms with Crippen molar-refractivity contribution in [1.29, 1.82) is 0 Å². The van der Waals surface area contributed by atoms with Crippen molar-refractivity contribution in [2.75, 3.05) is 7.11 Å². The number of alkyl halides is 6. The van der Waals surface area contributed by atoms with Gasteiger partial charge in [-0.15, -0.1) is 0 Å². The number of H-pyrrole nitrogens is 1. The molecule has 32 heavy (non-hydrogen) atoms. The zero-order valence-corrected chi connectivity index (χ0v) is 19.2. The normalized spacial score (nSPS) is 14.1. The number of hydrogen-bond donors (Lipinski definition) is 1. The number of fused-ring (bicyclic) bond motifs is 1. The quantitative estimate of drug-likeness (QED) is 0.326. The van der Waals surface area contributed by atoms with E-state index in [-0.39, 0.29) is 23.9 Å². The van der Waals surface area contributed by atoms with Gasteiger partial charge in [-0.1, -0.05) is 29.8 Å². The molecule has 1 aromatic heterocycles. The van der Waals surface area contributed by atoms with Crippen LogP contribution in [0.4, 0.5) is 26.3 Å². The Balaban J connectivity index is 1.92. The largest absolute Gasteiger partial charge is 0.496 e. The Morgan fingerprint density at radius 2 is 1.66 bits per heavy atom. The van der Waals surface area contributed by atoms with Gasteiger partial charge in [0, 0.05) is 26.6 Å². The molecule has 3 aromatic rings. The van der Waals surface area contributed by atoms with Crippen LogP contribution in [-0.4, -0.2) is 18.3 Å². The molecule has 2 aromatic carbocycles. The van der Waals surface area contributed by atoms with E-state index in [4.69, 9.17) is 4.74 Å².